The third-order valence-corrected chi connectivity index (χ3v) is 5.77. The van der Waals surface area contributed by atoms with Gasteiger partial charge in [-0.1, -0.05) is 31.2 Å². The fourth-order valence-corrected chi connectivity index (χ4v) is 4.05. The van der Waals surface area contributed by atoms with E-state index < -0.39 is 0 Å². The summed E-state index contributed by atoms with van der Waals surface area (Å²) in [7, 11) is 0. The number of nitrogens with zero attached hydrogens (tertiary/aromatic N) is 1. The lowest BCUT2D eigenvalue weighted by molar-refractivity contribution is -0.128. The Kier molecular flexibility index (Phi) is 6.67. The third kappa shape index (κ3) is 5.07. The Hall–Kier alpha value is -1.88. The van der Waals surface area contributed by atoms with Gasteiger partial charge in [0.1, 0.15) is 0 Å². The highest BCUT2D eigenvalue weighted by Crippen LogP contribution is 2.22. The Labute approximate surface area is 156 Å². The van der Waals surface area contributed by atoms with Crippen LogP contribution >= 0.6 is 0 Å². The van der Waals surface area contributed by atoms with Crippen LogP contribution < -0.4 is 10.6 Å². The van der Waals surface area contributed by atoms with Crippen LogP contribution in [-0.4, -0.2) is 36.3 Å². The molecule has 2 unspecified atom stereocenters. The van der Waals surface area contributed by atoms with Crippen molar-refractivity contribution in [2.45, 2.75) is 52.1 Å². The van der Waals surface area contributed by atoms with Gasteiger partial charge in [0.25, 0.3) is 0 Å². The molecule has 1 aromatic rings. The number of benzene rings is 1. The number of likely N-dealkylation sites (tertiary alicyclic amines) is 1. The number of hydrogen-bond donors (Lipinski definition) is 2. The van der Waals surface area contributed by atoms with E-state index in [1.54, 1.807) is 0 Å². The highest BCUT2D eigenvalue weighted by molar-refractivity contribution is 5.78. The first kappa shape index (κ1) is 18.9. The Balaban J connectivity index is 1.50. The molecule has 2 N–H and O–H groups in total. The Bertz CT molecular complexity index is 625. The van der Waals surface area contributed by atoms with E-state index in [1.165, 1.54) is 12.8 Å². The number of hydrogen-bond acceptors (Lipinski definition) is 3. The first-order valence-electron chi connectivity index (χ1n) is 9.95. The van der Waals surface area contributed by atoms with Crippen molar-refractivity contribution < 1.29 is 9.59 Å². The van der Waals surface area contributed by atoms with Crippen LogP contribution in [0.25, 0.3) is 0 Å². The molecule has 2 heterocycles. The zero-order valence-electron chi connectivity index (χ0n) is 15.8. The normalized spacial score (nSPS) is 21.7. The molecule has 142 valence electrons. The van der Waals surface area contributed by atoms with Gasteiger partial charge in [0, 0.05) is 32.5 Å². The highest BCUT2D eigenvalue weighted by Gasteiger charge is 2.23. The van der Waals surface area contributed by atoms with Crippen molar-refractivity contribution in [2.24, 2.45) is 11.8 Å². The third-order valence-electron chi connectivity index (χ3n) is 5.77. The van der Waals surface area contributed by atoms with Gasteiger partial charge in [-0.25, -0.2) is 0 Å². The minimum atomic E-state index is 0.120. The van der Waals surface area contributed by atoms with Crippen molar-refractivity contribution in [2.75, 3.05) is 19.6 Å². The number of carbonyl (C=O) groups is 2. The standard InChI is InChI=1S/C21H31N3O2/c1-16(17-8-4-10-22-13-17)12-20(25)23-14-18-6-2-3-7-19(18)15-24-11-5-9-21(24)26/h2-3,6-7,16-17,22H,4-5,8-15H2,1H3,(H,23,25). The van der Waals surface area contributed by atoms with Gasteiger partial charge in [0.2, 0.25) is 11.8 Å². The minimum Gasteiger partial charge on any atom is -0.352 e. The van der Waals surface area contributed by atoms with Crippen LogP contribution in [0.3, 0.4) is 0 Å². The van der Waals surface area contributed by atoms with Crippen molar-refractivity contribution in [3.63, 3.8) is 0 Å². The Morgan fingerprint density at radius 3 is 2.81 bits per heavy atom. The first-order valence-corrected chi connectivity index (χ1v) is 9.95. The maximum Gasteiger partial charge on any atom is 0.222 e. The fraction of sp³-hybridized carbons (Fsp3) is 0.619. The molecule has 5 nitrogen and oxygen atoms in total. The largest absolute Gasteiger partial charge is 0.352 e. The molecule has 3 rings (SSSR count). The van der Waals surface area contributed by atoms with Crippen molar-refractivity contribution >= 4 is 11.8 Å². The van der Waals surface area contributed by atoms with E-state index in [4.69, 9.17) is 0 Å². The van der Waals surface area contributed by atoms with Crippen LogP contribution in [0.5, 0.6) is 0 Å². The van der Waals surface area contributed by atoms with Crippen molar-refractivity contribution in [3.8, 4) is 0 Å². The highest BCUT2D eigenvalue weighted by atomic mass is 16.2. The lowest BCUT2D eigenvalue weighted by Gasteiger charge is -2.28. The summed E-state index contributed by atoms with van der Waals surface area (Å²) in [6, 6.07) is 8.10. The van der Waals surface area contributed by atoms with E-state index in [0.717, 1.165) is 37.2 Å². The van der Waals surface area contributed by atoms with Crippen molar-refractivity contribution in [1.82, 2.24) is 15.5 Å². The summed E-state index contributed by atoms with van der Waals surface area (Å²) in [6.45, 7) is 6.34. The van der Waals surface area contributed by atoms with Gasteiger partial charge in [-0.05, 0) is 55.3 Å². The molecule has 2 fully saturated rings. The zero-order valence-corrected chi connectivity index (χ0v) is 15.8. The van der Waals surface area contributed by atoms with E-state index in [1.807, 2.05) is 23.1 Å². The molecule has 1 aromatic carbocycles. The molecule has 2 atom stereocenters. The van der Waals surface area contributed by atoms with Crippen LogP contribution in [0.15, 0.2) is 24.3 Å². The number of nitrogens with one attached hydrogen (secondary N) is 2. The number of piperidine rings is 1. The van der Waals surface area contributed by atoms with Gasteiger partial charge in [0.05, 0.1) is 0 Å². The predicted molar refractivity (Wildman–Crippen MR) is 102 cm³/mol. The van der Waals surface area contributed by atoms with Crippen LogP contribution in [0, 0.1) is 11.8 Å². The topological polar surface area (TPSA) is 61.4 Å². The fourth-order valence-electron chi connectivity index (χ4n) is 4.05. The van der Waals surface area contributed by atoms with Crippen molar-refractivity contribution in [3.05, 3.63) is 35.4 Å². The van der Waals surface area contributed by atoms with Crippen LogP contribution in [0.1, 0.15) is 50.2 Å². The molecule has 2 aliphatic heterocycles. The molecule has 0 radical (unpaired) electrons. The SMILES string of the molecule is CC(CC(=O)NCc1ccccc1CN1CCCC1=O)C1CCCNC1. The summed E-state index contributed by atoms with van der Waals surface area (Å²) in [6.07, 6.45) is 4.62. The Morgan fingerprint density at radius 2 is 2.12 bits per heavy atom. The molecule has 5 heteroatoms. The van der Waals surface area contributed by atoms with E-state index in [0.29, 0.717) is 37.8 Å². The Morgan fingerprint density at radius 1 is 1.31 bits per heavy atom. The summed E-state index contributed by atoms with van der Waals surface area (Å²) < 4.78 is 0. The molecule has 0 saturated carbocycles. The molecule has 2 saturated heterocycles. The van der Waals surface area contributed by atoms with Crippen molar-refractivity contribution in [1.29, 1.82) is 0 Å². The smallest absolute Gasteiger partial charge is 0.222 e. The molecule has 0 aliphatic carbocycles. The van der Waals surface area contributed by atoms with Crippen LogP contribution in [0.2, 0.25) is 0 Å². The average molecular weight is 357 g/mol. The average Bonchev–Trinajstić information content (AvgIpc) is 3.06. The van der Waals surface area contributed by atoms with Gasteiger partial charge in [-0.15, -0.1) is 0 Å². The second-order valence-electron chi connectivity index (χ2n) is 7.75. The summed E-state index contributed by atoms with van der Waals surface area (Å²) in [5.41, 5.74) is 2.24. The lowest BCUT2D eigenvalue weighted by Crippen LogP contribution is -2.35. The first-order chi connectivity index (χ1) is 12.6. The van der Waals surface area contributed by atoms with Gasteiger partial charge >= 0.3 is 0 Å². The number of carbonyl (C=O) groups excluding carboxylic acids is 2. The molecule has 0 spiro atoms. The molecular weight excluding hydrogens is 326 g/mol. The second-order valence-corrected chi connectivity index (χ2v) is 7.75. The van der Waals surface area contributed by atoms with Gasteiger partial charge in [-0.3, -0.25) is 9.59 Å². The number of amides is 2. The molecule has 0 aromatic heterocycles. The second kappa shape index (κ2) is 9.17. The summed E-state index contributed by atoms with van der Waals surface area (Å²) in [5.74, 6) is 1.36. The van der Waals surface area contributed by atoms with Crippen LogP contribution in [-0.2, 0) is 22.7 Å². The molecular formula is C21H31N3O2. The summed E-state index contributed by atoms with van der Waals surface area (Å²) >= 11 is 0. The van der Waals surface area contributed by atoms with E-state index in [-0.39, 0.29) is 11.8 Å². The number of rotatable bonds is 7. The van der Waals surface area contributed by atoms with E-state index in [9.17, 15) is 9.59 Å². The summed E-state index contributed by atoms with van der Waals surface area (Å²) in [5, 5.41) is 6.51. The van der Waals surface area contributed by atoms with Gasteiger partial charge in [-0.2, -0.15) is 0 Å². The molecule has 2 amide bonds. The molecule has 26 heavy (non-hydrogen) atoms. The van der Waals surface area contributed by atoms with Gasteiger partial charge in [0.15, 0.2) is 0 Å². The van der Waals surface area contributed by atoms with Gasteiger partial charge < -0.3 is 15.5 Å². The minimum absolute atomic E-state index is 0.120. The molecule has 2 aliphatic rings. The predicted octanol–water partition coefficient (Wildman–Crippen LogP) is 2.45. The quantitative estimate of drug-likeness (QED) is 0.788. The summed E-state index contributed by atoms with van der Waals surface area (Å²) in [4.78, 5) is 26.2. The monoisotopic (exact) mass is 357 g/mol. The maximum absolute atomic E-state index is 12.4. The lowest BCUT2D eigenvalue weighted by atomic mass is 9.85. The van der Waals surface area contributed by atoms with E-state index >= 15 is 0 Å². The van der Waals surface area contributed by atoms with E-state index in [2.05, 4.69) is 23.6 Å². The maximum atomic E-state index is 12.4. The van der Waals surface area contributed by atoms with Crippen LogP contribution in [0.4, 0.5) is 0 Å². The molecule has 0 bridgehead atoms. The zero-order chi connectivity index (χ0) is 18.4.